The maximum Gasteiger partial charge on any atom is 0.351 e. The number of alkyl halides is 1. The molecule has 5 aromatic rings. The third kappa shape index (κ3) is 7.05. The van der Waals surface area contributed by atoms with Gasteiger partial charge in [0.15, 0.2) is 26.5 Å². The summed E-state index contributed by atoms with van der Waals surface area (Å²) in [6.45, 7) is 12.3. The molecule has 1 aliphatic rings. The summed E-state index contributed by atoms with van der Waals surface area (Å²) < 4.78 is 51.3. The van der Waals surface area contributed by atoms with E-state index in [0.717, 1.165) is 21.3 Å². The number of aromatic nitrogens is 5. The molecule has 5 atom stereocenters. The molecule has 0 radical (unpaired) electrons. The number of methoxy groups -OCH3 is 2. The molecule has 11 nitrogen and oxygen atoms in total. The van der Waals surface area contributed by atoms with Gasteiger partial charge in [-0.15, -0.1) is 0 Å². The van der Waals surface area contributed by atoms with Gasteiger partial charge in [-0.25, -0.2) is 18.9 Å². The van der Waals surface area contributed by atoms with Crippen LogP contribution in [0.3, 0.4) is 0 Å². The van der Waals surface area contributed by atoms with Gasteiger partial charge in [0.25, 0.3) is 0 Å². The molecule has 0 bridgehead atoms. The first-order chi connectivity index (χ1) is 24.8. The highest BCUT2D eigenvalue weighted by Gasteiger charge is 2.55. The van der Waals surface area contributed by atoms with Crippen LogP contribution in [0.15, 0.2) is 109 Å². The molecule has 0 amide bonds. The average Bonchev–Trinajstić information content (AvgIpc) is 3.79. The van der Waals surface area contributed by atoms with Gasteiger partial charge in [0.2, 0.25) is 0 Å². The highest BCUT2D eigenvalue weighted by atomic mass is 28.4. The first kappa shape index (κ1) is 37.1. The molecule has 0 saturated carbocycles. The lowest BCUT2D eigenvalue weighted by Gasteiger charge is -2.42. The fourth-order valence-electron chi connectivity index (χ4n) is 6.33. The van der Waals surface area contributed by atoms with E-state index in [0.29, 0.717) is 11.5 Å². The number of rotatable bonds is 12. The predicted molar refractivity (Wildman–Crippen MR) is 197 cm³/mol. The summed E-state index contributed by atoms with van der Waals surface area (Å²) in [5.41, 5.74) is 0.569. The van der Waals surface area contributed by atoms with Crippen molar-refractivity contribution in [3.8, 4) is 17.3 Å². The van der Waals surface area contributed by atoms with Crippen LogP contribution in [-0.2, 0) is 19.5 Å². The van der Waals surface area contributed by atoms with Crippen LogP contribution in [0.2, 0.25) is 18.1 Å². The molecular weight excluding hydrogens is 682 g/mol. The minimum atomic E-state index is -2.59. The molecule has 1 unspecified atom stereocenters. The molecule has 13 heteroatoms. The van der Waals surface area contributed by atoms with Crippen molar-refractivity contribution in [1.82, 2.24) is 24.3 Å². The van der Waals surface area contributed by atoms with E-state index in [1.807, 2.05) is 85.8 Å². The largest absolute Gasteiger partial charge is 0.497 e. The second kappa shape index (κ2) is 14.7. The van der Waals surface area contributed by atoms with Crippen molar-refractivity contribution in [1.29, 1.82) is 0 Å². The molecule has 1 saturated heterocycles. The molecule has 3 heterocycles. The highest BCUT2D eigenvalue weighted by molar-refractivity contribution is 6.74. The molecule has 0 N–H and O–H groups in total. The maximum atomic E-state index is 17.1. The fraction of sp³-hybridized carbons (Fsp3) is 0.385. The number of hydrogen-bond acceptors (Lipinski definition) is 9. The number of benzene rings is 3. The standard InChI is InChI=1S/C39H46FN5O6Si/c1-26(50-39(27-12-10-9-11-13-27,28-14-18-30(47-5)19-15-28)29-16-20-31(48-6)21-17-29)34-35(51-52(7,8)38(2,3)4)33(40)36(49-34)44-23-22-32(43-37(44)46)45-25-41-24-42-45/h9-26,33-36H,1-8H3/t26-,33-,34?,35+,36-/m1/s1. The van der Waals surface area contributed by atoms with E-state index in [9.17, 15) is 4.79 Å². The second-order valence-electron chi connectivity index (χ2n) is 14.4. The van der Waals surface area contributed by atoms with Crippen molar-refractivity contribution in [3.63, 3.8) is 0 Å². The highest BCUT2D eigenvalue weighted by Crippen LogP contribution is 2.47. The lowest BCUT2D eigenvalue weighted by Crippen LogP contribution is -2.51. The first-order valence-corrected chi connectivity index (χ1v) is 20.1. The quantitative estimate of drug-likeness (QED) is 0.101. The van der Waals surface area contributed by atoms with Crippen molar-refractivity contribution in [2.24, 2.45) is 0 Å². The average molecular weight is 728 g/mol. The lowest BCUT2D eigenvalue weighted by molar-refractivity contribution is -0.136. The molecule has 1 aliphatic heterocycles. The Morgan fingerprint density at radius 1 is 0.865 bits per heavy atom. The van der Waals surface area contributed by atoms with Crippen LogP contribution in [0, 0.1) is 0 Å². The summed E-state index contributed by atoms with van der Waals surface area (Å²) in [7, 11) is 0.653. The van der Waals surface area contributed by atoms with Gasteiger partial charge in [-0.1, -0.05) is 75.4 Å². The van der Waals surface area contributed by atoms with Crippen molar-refractivity contribution in [2.75, 3.05) is 14.2 Å². The van der Waals surface area contributed by atoms with Gasteiger partial charge in [-0.2, -0.15) is 10.1 Å². The van der Waals surface area contributed by atoms with Crippen molar-refractivity contribution in [3.05, 3.63) is 131 Å². The summed E-state index contributed by atoms with van der Waals surface area (Å²) in [5, 5.41) is 3.81. The van der Waals surface area contributed by atoms with Gasteiger partial charge in [-0.05, 0) is 72.1 Å². The number of ether oxygens (including phenoxy) is 4. The predicted octanol–water partition coefficient (Wildman–Crippen LogP) is 6.86. The Kier molecular flexibility index (Phi) is 10.5. The van der Waals surface area contributed by atoms with Gasteiger partial charge in [0.05, 0.1) is 20.3 Å². The smallest absolute Gasteiger partial charge is 0.351 e. The zero-order valence-corrected chi connectivity index (χ0v) is 31.8. The van der Waals surface area contributed by atoms with Crippen LogP contribution in [0.5, 0.6) is 11.5 Å². The minimum absolute atomic E-state index is 0.239. The molecule has 274 valence electrons. The van der Waals surface area contributed by atoms with Crippen molar-refractivity contribution < 1.29 is 27.8 Å². The molecule has 2 aromatic heterocycles. The normalized spacial score (nSPS) is 20.1. The number of nitrogens with zero attached hydrogens (tertiary/aromatic N) is 5. The van der Waals surface area contributed by atoms with Gasteiger partial charge in [0, 0.05) is 6.20 Å². The number of halogens is 1. The Balaban J connectivity index is 1.46. The van der Waals surface area contributed by atoms with E-state index in [1.165, 1.54) is 23.5 Å². The Bertz CT molecular complexity index is 1940. The van der Waals surface area contributed by atoms with Crippen LogP contribution in [0.1, 0.15) is 50.6 Å². The Morgan fingerprint density at radius 2 is 1.44 bits per heavy atom. The molecule has 3 aromatic carbocycles. The van der Waals surface area contributed by atoms with E-state index >= 15 is 4.39 Å². The second-order valence-corrected chi connectivity index (χ2v) is 19.2. The third-order valence-corrected chi connectivity index (χ3v) is 14.7. The Hall–Kier alpha value is -4.69. The summed E-state index contributed by atoms with van der Waals surface area (Å²) in [6, 6.07) is 26.8. The lowest BCUT2D eigenvalue weighted by atomic mass is 9.79. The van der Waals surface area contributed by atoms with Crippen LogP contribution >= 0.6 is 0 Å². The third-order valence-electron chi connectivity index (χ3n) is 10.2. The van der Waals surface area contributed by atoms with Crippen molar-refractivity contribution in [2.45, 2.75) is 82.1 Å². The summed E-state index contributed by atoms with van der Waals surface area (Å²) in [5.74, 6) is 1.63. The Morgan fingerprint density at radius 3 is 1.94 bits per heavy atom. The minimum Gasteiger partial charge on any atom is -0.497 e. The summed E-state index contributed by atoms with van der Waals surface area (Å²) in [6.07, 6.45) is -1.60. The SMILES string of the molecule is COc1ccc(C(O[C@H](C)C2O[C@@H](n3ccc(-n4cncn4)nc3=O)[C@H](F)[C@@H]2O[Si](C)(C)C(C)(C)C)(c2ccccc2)c2ccc(OC)cc2)cc1. The first-order valence-electron chi connectivity index (χ1n) is 17.2. The van der Waals surface area contributed by atoms with E-state index in [4.69, 9.17) is 23.4 Å². The van der Waals surface area contributed by atoms with Crippen LogP contribution in [0.4, 0.5) is 4.39 Å². The topological polar surface area (TPSA) is 112 Å². The van der Waals surface area contributed by atoms with Gasteiger partial charge in [-0.3, -0.25) is 4.57 Å². The van der Waals surface area contributed by atoms with Gasteiger partial charge < -0.3 is 23.4 Å². The molecule has 6 rings (SSSR count). The molecular formula is C39H46FN5O6Si. The summed E-state index contributed by atoms with van der Waals surface area (Å²) in [4.78, 5) is 21.5. The number of hydrogen-bond donors (Lipinski definition) is 0. The van der Waals surface area contributed by atoms with Gasteiger partial charge in [0.1, 0.15) is 42.0 Å². The van der Waals surface area contributed by atoms with Gasteiger partial charge >= 0.3 is 5.69 Å². The van der Waals surface area contributed by atoms with E-state index in [1.54, 1.807) is 20.3 Å². The molecule has 52 heavy (non-hydrogen) atoms. The zero-order valence-electron chi connectivity index (χ0n) is 30.8. The monoisotopic (exact) mass is 727 g/mol. The van der Waals surface area contributed by atoms with Crippen LogP contribution in [-0.4, -0.2) is 71.3 Å². The molecule has 1 fully saturated rings. The molecule has 0 aliphatic carbocycles. The maximum absolute atomic E-state index is 17.1. The summed E-state index contributed by atoms with van der Waals surface area (Å²) >= 11 is 0. The van der Waals surface area contributed by atoms with Crippen LogP contribution in [0.25, 0.3) is 5.82 Å². The van der Waals surface area contributed by atoms with E-state index < -0.39 is 50.3 Å². The zero-order chi connectivity index (χ0) is 37.3. The van der Waals surface area contributed by atoms with E-state index in [-0.39, 0.29) is 10.9 Å². The van der Waals surface area contributed by atoms with Crippen LogP contribution < -0.4 is 15.2 Å². The Labute approximate surface area is 304 Å². The van der Waals surface area contributed by atoms with Crippen molar-refractivity contribution >= 4 is 8.32 Å². The fourth-order valence-corrected chi connectivity index (χ4v) is 7.63. The molecule has 0 spiro atoms. The van der Waals surface area contributed by atoms with E-state index in [2.05, 4.69) is 48.9 Å².